The molecule has 0 saturated heterocycles. The van der Waals surface area contributed by atoms with Crippen molar-refractivity contribution in [2.75, 3.05) is 7.11 Å². The number of nitriles is 1. The van der Waals surface area contributed by atoms with Crippen LogP contribution in [0.2, 0.25) is 5.02 Å². The quantitative estimate of drug-likeness (QED) is 0.803. The van der Waals surface area contributed by atoms with Gasteiger partial charge >= 0.3 is 0 Å². The van der Waals surface area contributed by atoms with Crippen LogP contribution in [0, 0.1) is 17.1 Å². The summed E-state index contributed by atoms with van der Waals surface area (Å²) in [5.74, 6) is -2.51. The molecule has 1 unspecified atom stereocenters. The van der Waals surface area contributed by atoms with Crippen molar-refractivity contribution in [2.24, 2.45) is 0 Å². The van der Waals surface area contributed by atoms with E-state index < -0.39 is 17.5 Å². The number of carbonyl (C=O) groups is 1. The van der Waals surface area contributed by atoms with Crippen LogP contribution in [0.15, 0.2) is 42.5 Å². The Hall–Kier alpha value is -2.38. The summed E-state index contributed by atoms with van der Waals surface area (Å²) in [5.41, 5.74) is 0.100. The van der Waals surface area contributed by atoms with Gasteiger partial charge < -0.3 is 4.74 Å². The number of nitrogens with zero attached hydrogens (tertiary/aromatic N) is 1. The molecular weight excluding hydrogens is 293 g/mol. The third kappa shape index (κ3) is 2.88. The summed E-state index contributed by atoms with van der Waals surface area (Å²) in [5, 5.41) is 9.58. The minimum atomic E-state index is -1.19. The smallest absolute Gasteiger partial charge is 0.191 e. The molecule has 3 nitrogen and oxygen atoms in total. The molecule has 0 saturated carbocycles. The van der Waals surface area contributed by atoms with E-state index in [2.05, 4.69) is 0 Å². The Morgan fingerprint density at radius 2 is 2.00 bits per heavy atom. The first-order chi connectivity index (χ1) is 10.1. The maximum Gasteiger partial charge on any atom is 0.191 e. The number of ether oxygens (including phenoxy) is 1. The number of hydrogen-bond donors (Lipinski definition) is 0. The van der Waals surface area contributed by atoms with Crippen molar-refractivity contribution in [1.82, 2.24) is 0 Å². The van der Waals surface area contributed by atoms with Gasteiger partial charge in [-0.25, -0.2) is 4.39 Å². The molecule has 0 heterocycles. The predicted molar refractivity (Wildman–Crippen MR) is 77.1 cm³/mol. The second kappa shape index (κ2) is 6.38. The zero-order chi connectivity index (χ0) is 15.4. The van der Waals surface area contributed by atoms with Crippen molar-refractivity contribution >= 4 is 17.4 Å². The SMILES string of the molecule is COc1cccc(F)c1C(=O)C(C#N)c1ccccc1Cl. The molecule has 0 aliphatic rings. The highest BCUT2D eigenvalue weighted by molar-refractivity contribution is 6.31. The van der Waals surface area contributed by atoms with E-state index in [1.807, 2.05) is 6.07 Å². The molecule has 0 aromatic heterocycles. The minimum absolute atomic E-state index is 0.0901. The molecule has 0 amide bonds. The Kier molecular flexibility index (Phi) is 4.56. The van der Waals surface area contributed by atoms with Crippen LogP contribution in [0.4, 0.5) is 4.39 Å². The van der Waals surface area contributed by atoms with Crippen molar-refractivity contribution in [1.29, 1.82) is 5.26 Å². The van der Waals surface area contributed by atoms with Crippen LogP contribution in [0.3, 0.4) is 0 Å². The lowest BCUT2D eigenvalue weighted by molar-refractivity contribution is 0.0971. The Morgan fingerprint density at radius 1 is 1.29 bits per heavy atom. The van der Waals surface area contributed by atoms with E-state index in [0.717, 1.165) is 6.07 Å². The van der Waals surface area contributed by atoms with Gasteiger partial charge in [-0.1, -0.05) is 35.9 Å². The van der Waals surface area contributed by atoms with E-state index in [-0.39, 0.29) is 16.3 Å². The monoisotopic (exact) mass is 303 g/mol. The van der Waals surface area contributed by atoms with Crippen molar-refractivity contribution in [3.63, 3.8) is 0 Å². The molecule has 0 aliphatic heterocycles. The third-order valence-electron chi connectivity index (χ3n) is 3.05. The molecular formula is C16H11ClFNO2. The third-order valence-corrected chi connectivity index (χ3v) is 3.39. The highest BCUT2D eigenvalue weighted by atomic mass is 35.5. The Morgan fingerprint density at radius 3 is 2.62 bits per heavy atom. The lowest BCUT2D eigenvalue weighted by Gasteiger charge is -2.13. The van der Waals surface area contributed by atoms with Gasteiger partial charge in [-0.15, -0.1) is 0 Å². The zero-order valence-corrected chi connectivity index (χ0v) is 11.9. The number of halogens is 2. The number of methoxy groups -OCH3 is 1. The summed E-state index contributed by atoms with van der Waals surface area (Å²) in [6.45, 7) is 0. The number of benzene rings is 2. The minimum Gasteiger partial charge on any atom is -0.496 e. The maximum atomic E-state index is 14.0. The Labute approximate surface area is 126 Å². The van der Waals surface area contributed by atoms with Crippen LogP contribution < -0.4 is 4.74 Å². The summed E-state index contributed by atoms with van der Waals surface area (Å²) < 4.78 is 19.0. The topological polar surface area (TPSA) is 50.1 Å². The zero-order valence-electron chi connectivity index (χ0n) is 11.1. The molecule has 0 N–H and O–H groups in total. The largest absolute Gasteiger partial charge is 0.496 e. The highest BCUT2D eigenvalue weighted by Crippen LogP contribution is 2.31. The fourth-order valence-corrected chi connectivity index (χ4v) is 2.28. The number of carbonyl (C=O) groups excluding carboxylic acids is 1. The number of rotatable bonds is 4. The summed E-state index contributed by atoms with van der Waals surface area (Å²) in [6.07, 6.45) is 0. The molecule has 2 aromatic rings. The summed E-state index contributed by atoms with van der Waals surface area (Å²) in [7, 11) is 1.34. The van der Waals surface area contributed by atoms with Crippen molar-refractivity contribution in [2.45, 2.75) is 5.92 Å². The van der Waals surface area contributed by atoms with Crippen LogP contribution in [0.1, 0.15) is 21.8 Å². The van der Waals surface area contributed by atoms with E-state index in [9.17, 15) is 14.4 Å². The van der Waals surface area contributed by atoms with Crippen LogP contribution in [-0.4, -0.2) is 12.9 Å². The molecule has 2 aromatic carbocycles. The summed E-state index contributed by atoms with van der Waals surface area (Å²) in [6, 6.07) is 12.4. The molecule has 2 rings (SSSR count). The summed E-state index contributed by atoms with van der Waals surface area (Å²) >= 11 is 6.01. The van der Waals surface area contributed by atoms with E-state index in [1.165, 1.54) is 19.2 Å². The molecule has 0 fully saturated rings. The van der Waals surface area contributed by atoms with Crippen LogP contribution in [-0.2, 0) is 0 Å². The fraction of sp³-hybridized carbons (Fsp3) is 0.125. The van der Waals surface area contributed by atoms with Gasteiger partial charge in [0.25, 0.3) is 0 Å². The average Bonchev–Trinajstić information content (AvgIpc) is 2.49. The van der Waals surface area contributed by atoms with E-state index in [4.69, 9.17) is 16.3 Å². The van der Waals surface area contributed by atoms with Gasteiger partial charge in [-0.05, 0) is 23.8 Å². The molecule has 0 radical (unpaired) electrons. The normalized spacial score (nSPS) is 11.5. The maximum absolute atomic E-state index is 14.0. The van der Waals surface area contributed by atoms with Crippen LogP contribution in [0.25, 0.3) is 0 Å². The first kappa shape index (κ1) is 15.0. The lowest BCUT2D eigenvalue weighted by atomic mass is 9.91. The van der Waals surface area contributed by atoms with Crippen molar-refractivity contribution in [3.8, 4) is 11.8 Å². The van der Waals surface area contributed by atoms with E-state index in [0.29, 0.717) is 5.56 Å². The van der Waals surface area contributed by atoms with Crippen molar-refractivity contribution < 1.29 is 13.9 Å². The number of ketones is 1. The molecule has 0 bridgehead atoms. The van der Waals surface area contributed by atoms with Crippen LogP contribution >= 0.6 is 11.6 Å². The standard InChI is InChI=1S/C16H11ClFNO2/c1-21-14-8-4-7-13(18)15(14)16(20)11(9-19)10-5-2-3-6-12(10)17/h2-8,11H,1H3. The van der Waals surface area contributed by atoms with E-state index >= 15 is 0 Å². The highest BCUT2D eigenvalue weighted by Gasteiger charge is 2.28. The van der Waals surface area contributed by atoms with Gasteiger partial charge in [0.05, 0.1) is 18.7 Å². The van der Waals surface area contributed by atoms with Gasteiger partial charge in [0.2, 0.25) is 0 Å². The van der Waals surface area contributed by atoms with Crippen molar-refractivity contribution in [3.05, 3.63) is 64.4 Å². The van der Waals surface area contributed by atoms with Gasteiger partial charge in [0.15, 0.2) is 5.78 Å². The molecule has 0 spiro atoms. The Balaban J connectivity index is 2.53. The molecule has 5 heteroatoms. The van der Waals surface area contributed by atoms with E-state index in [1.54, 1.807) is 24.3 Å². The fourth-order valence-electron chi connectivity index (χ4n) is 2.04. The predicted octanol–water partition coefficient (Wildman–Crippen LogP) is 3.98. The molecule has 0 aliphatic carbocycles. The average molecular weight is 304 g/mol. The second-order valence-electron chi connectivity index (χ2n) is 4.26. The van der Waals surface area contributed by atoms with Gasteiger partial charge in [0, 0.05) is 5.02 Å². The molecule has 1 atom stereocenters. The van der Waals surface area contributed by atoms with Gasteiger partial charge in [-0.3, -0.25) is 4.79 Å². The number of Topliss-reactive ketones (excluding diaryl/α,β-unsaturated/α-hetero) is 1. The summed E-state index contributed by atoms with van der Waals surface area (Å²) in [4.78, 5) is 12.5. The number of hydrogen-bond acceptors (Lipinski definition) is 3. The molecule has 21 heavy (non-hydrogen) atoms. The lowest BCUT2D eigenvalue weighted by Crippen LogP contribution is -2.14. The van der Waals surface area contributed by atoms with Gasteiger partial charge in [0.1, 0.15) is 17.5 Å². The first-order valence-corrected chi connectivity index (χ1v) is 6.48. The molecule has 106 valence electrons. The van der Waals surface area contributed by atoms with Crippen LogP contribution in [0.5, 0.6) is 5.75 Å². The first-order valence-electron chi connectivity index (χ1n) is 6.11. The Bertz CT molecular complexity index is 724. The second-order valence-corrected chi connectivity index (χ2v) is 4.67. The van der Waals surface area contributed by atoms with Gasteiger partial charge in [-0.2, -0.15) is 5.26 Å².